The summed E-state index contributed by atoms with van der Waals surface area (Å²) in [5.41, 5.74) is 0. The maximum Gasteiger partial charge on any atom is 0.0431 e. The van der Waals surface area contributed by atoms with Gasteiger partial charge in [0.15, 0.2) is 0 Å². The van der Waals surface area contributed by atoms with Crippen LogP contribution in [0.25, 0.3) is 0 Å². The van der Waals surface area contributed by atoms with E-state index in [4.69, 9.17) is 5.11 Å². The van der Waals surface area contributed by atoms with Gasteiger partial charge in [0.2, 0.25) is 0 Å². The van der Waals surface area contributed by atoms with Crippen molar-refractivity contribution in [2.75, 3.05) is 6.61 Å². The zero-order chi connectivity index (χ0) is 44.1. The third-order valence-electron chi connectivity index (χ3n) is 12.0. The Morgan fingerprint density at radius 2 is 0.322 bits per heavy atom. The molecule has 1 N–H and O–H groups in total. The van der Waals surface area contributed by atoms with E-state index in [1.807, 2.05) is 0 Å². The van der Waals surface area contributed by atoms with Crippen LogP contribution in [0.3, 0.4) is 0 Å². The predicted molar refractivity (Wildman–Crippen MR) is 278 cm³/mol. The molecule has 0 fully saturated rings. The summed E-state index contributed by atoms with van der Waals surface area (Å²) in [6.45, 7) is 16.3. The molecule has 0 aliphatic heterocycles. The van der Waals surface area contributed by atoms with E-state index in [0.717, 1.165) is 6.42 Å². The van der Waals surface area contributed by atoms with Crippen LogP contribution in [0, 0.1) is 0 Å². The van der Waals surface area contributed by atoms with Crippen molar-refractivity contribution >= 4 is 0 Å². The van der Waals surface area contributed by atoms with Crippen molar-refractivity contribution in [3.05, 3.63) is 12.2 Å². The fourth-order valence-corrected chi connectivity index (χ4v) is 7.75. The van der Waals surface area contributed by atoms with E-state index in [0.29, 0.717) is 6.61 Å². The van der Waals surface area contributed by atoms with Crippen molar-refractivity contribution in [1.29, 1.82) is 0 Å². The molecule has 0 radical (unpaired) electrons. The van der Waals surface area contributed by atoms with Gasteiger partial charge in [-0.1, -0.05) is 337 Å². The van der Waals surface area contributed by atoms with E-state index in [2.05, 4.69) is 60.6 Å². The Bertz CT molecular complexity index is 573. The molecule has 0 rings (SSSR count). The number of rotatable bonds is 46. The lowest BCUT2D eigenvalue weighted by Crippen LogP contribution is -1.83. The van der Waals surface area contributed by atoms with Crippen molar-refractivity contribution in [3.8, 4) is 0 Å². The molecule has 0 spiro atoms. The molecule has 0 atom stereocenters. The fraction of sp³-hybridized carbons (Fsp3) is 0.966. The summed E-state index contributed by atoms with van der Waals surface area (Å²) in [5.74, 6) is 0. The second-order valence-corrected chi connectivity index (χ2v) is 18.6. The van der Waals surface area contributed by atoms with Gasteiger partial charge >= 0.3 is 0 Å². The zero-order valence-electron chi connectivity index (χ0n) is 43.3. The van der Waals surface area contributed by atoms with E-state index < -0.39 is 0 Å². The zero-order valence-corrected chi connectivity index (χ0v) is 43.3. The van der Waals surface area contributed by atoms with Crippen LogP contribution in [0.5, 0.6) is 0 Å². The number of aliphatic hydroxyl groups is 1. The van der Waals surface area contributed by atoms with Crippen molar-refractivity contribution in [1.82, 2.24) is 0 Å². The number of hydrogen-bond donors (Lipinski definition) is 1. The van der Waals surface area contributed by atoms with Gasteiger partial charge in [0.25, 0.3) is 0 Å². The van der Waals surface area contributed by atoms with Gasteiger partial charge in [-0.3, -0.25) is 0 Å². The molecule has 0 aliphatic rings. The Hall–Kier alpha value is -0.300. The first kappa shape index (κ1) is 65.3. The van der Waals surface area contributed by atoms with E-state index in [9.17, 15) is 0 Å². The summed E-state index contributed by atoms with van der Waals surface area (Å²) in [6, 6.07) is 0. The molecular formula is C58H122O. The van der Waals surface area contributed by atoms with Crippen LogP contribution in [0.1, 0.15) is 357 Å². The first-order chi connectivity index (χ1) is 29.2. The number of aliphatic hydroxyl groups excluding tert-OH is 1. The molecule has 0 unspecified atom stereocenters. The first-order valence-electron chi connectivity index (χ1n) is 28.4. The van der Waals surface area contributed by atoms with Crippen molar-refractivity contribution in [2.24, 2.45) is 0 Å². The molecule has 0 heterocycles. The second-order valence-electron chi connectivity index (χ2n) is 18.6. The van der Waals surface area contributed by atoms with E-state index in [1.54, 1.807) is 0 Å². The fourth-order valence-electron chi connectivity index (χ4n) is 7.75. The molecule has 0 aromatic heterocycles. The standard InChI is InChI=1S/C18H36.C16H34.C14H30.C10H22O/c1-3-5-7-9-11-13-15-17-18-16-14-12-10-8-6-4-2;1-3-5-7-9-11-13-15-16-14-12-10-8-6-4-2;1-3-5-7-9-11-13-14-12-10-8-6-4-2;1-2-3-4-5-6-7-8-9-10-11/h17-18H,3-16H2,1-2H3;3-16H2,1-2H3;3-14H2,1-2H3;11H,2-10H2,1H3/b18-17-;;;. The Morgan fingerprint density at radius 3 is 0.475 bits per heavy atom. The summed E-state index contributed by atoms with van der Waals surface area (Å²) in [4.78, 5) is 0. The maximum absolute atomic E-state index is 8.51. The summed E-state index contributed by atoms with van der Waals surface area (Å²) in [7, 11) is 0. The number of unbranched alkanes of at least 4 members (excludes halogenated alkanes) is 43. The minimum atomic E-state index is 0.370. The second kappa shape index (κ2) is 72.2. The van der Waals surface area contributed by atoms with Gasteiger partial charge in [0.1, 0.15) is 0 Å². The lowest BCUT2D eigenvalue weighted by Gasteiger charge is -2.02. The highest BCUT2D eigenvalue weighted by atomic mass is 16.2. The highest BCUT2D eigenvalue weighted by molar-refractivity contribution is 4.81. The Kier molecular flexibility index (Phi) is 79.9. The molecule has 360 valence electrons. The lowest BCUT2D eigenvalue weighted by molar-refractivity contribution is 0.282. The average Bonchev–Trinajstić information content (AvgIpc) is 3.25. The van der Waals surface area contributed by atoms with E-state index >= 15 is 0 Å². The van der Waals surface area contributed by atoms with Gasteiger partial charge in [-0.05, 0) is 32.1 Å². The Morgan fingerprint density at radius 1 is 0.186 bits per heavy atom. The summed E-state index contributed by atoms with van der Waals surface area (Å²) < 4.78 is 0. The quantitative estimate of drug-likeness (QED) is 0.0478. The normalized spacial score (nSPS) is 10.9. The molecular weight excluding hydrogens is 713 g/mol. The van der Waals surface area contributed by atoms with E-state index in [-0.39, 0.29) is 0 Å². The third-order valence-corrected chi connectivity index (χ3v) is 12.0. The number of hydrogen-bond acceptors (Lipinski definition) is 1. The average molecular weight is 836 g/mol. The molecule has 0 saturated carbocycles. The first-order valence-corrected chi connectivity index (χ1v) is 28.4. The van der Waals surface area contributed by atoms with Crippen molar-refractivity contribution in [3.63, 3.8) is 0 Å². The predicted octanol–water partition coefficient (Wildman–Crippen LogP) is 22.4. The molecule has 1 heteroatoms. The monoisotopic (exact) mass is 835 g/mol. The molecule has 0 amide bonds. The van der Waals surface area contributed by atoms with Crippen LogP contribution in [-0.2, 0) is 0 Å². The van der Waals surface area contributed by atoms with Crippen molar-refractivity contribution < 1.29 is 5.11 Å². The largest absolute Gasteiger partial charge is 0.396 e. The maximum atomic E-state index is 8.51. The van der Waals surface area contributed by atoms with Gasteiger partial charge in [-0.2, -0.15) is 0 Å². The summed E-state index contributed by atoms with van der Waals surface area (Å²) in [5, 5.41) is 8.51. The van der Waals surface area contributed by atoms with Gasteiger partial charge in [0.05, 0.1) is 0 Å². The molecule has 0 saturated heterocycles. The summed E-state index contributed by atoms with van der Waals surface area (Å²) >= 11 is 0. The molecule has 59 heavy (non-hydrogen) atoms. The van der Waals surface area contributed by atoms with Crippen LogP contribution in [-0.4, -0.2) is 11.7 Å². The van der Waals surface area contributed by atoms with Crippen LogP contribution in [0.4, 0.5) is 0 Å². The molecule has 0 bridgehead atoms. The van der Waals surface area contributed by atoms with Crippen LogP contribution in [0.15, 0.2) is 12.2 Å². The lowest BCUT2D eigenvalue weighted by atomic mass is 10.0. The molecule has 1 nitrogen and oxygen atoms in total. The van der Waals surface area contributed by atoms with Gasteiger partial charge in [0, 0.05) is 6.61 Å². The van der Waals surface area contributed by atoms with Crippen LogP contribution in [0.2, 0.25) is 0 Å². The highest BCUT2D eigenvalue weighted by Crippen LogP contribution is 2.14. The minimum Gasteiger partial charge on any atom is -0.396 e. The van der Waals surface area contributed by atoms with Crippen LogP contribution >= 0.6 is 0 Å². The molecule has 0 aromatic rings. The third kappa shape index (κ3) is 82.1. The Labute approximate surface area is 379 Å². The topological polar surface area (TPSA) is 20.2 Å². The van der Waals surface area contributed by atoms with Crippen LogP contribution < -0.4 is 0 Å². The highest BCUT2D eigenvalue weighted by Gasteiger charge is 1.95. The smallest absolute Gasteiger partial charge is 0.0431 e. The SMILES string of the molecule is CCCCCCCC/C=C\CCCCCCCC.CCCCCCCCCCCCCC.CCCCCCCCCCCCCCCC.CCCCCCCCCCO. The van der Waals surface area contributed by atoms with Crippen molar-refractivity contribution in [2.45, 2.75) is 357 Å². The Balaban J connectivity index is -0.000000347. The van der Waals surface area contributed by atoms with Gasteiger partial charge in [-0.15, -0.1) is 0 Å². The summed E-state index contributed by atoms with van der Waals surface area (Å²) in [6.07, 6.45) is 72.7. The van der Waals surface area contributed by atoms with Gasteiger partial charge < -0.3 is 5.11 Å². The van der Waals surface area contributed by atoms with E-state index in [1.165, 1.54) is 302 Å². The molecule has 0 aromatic carbocycles. The molecule has 0 aliphatic carbocycles. The van der Waals surface area contributed by atoms with Gasteiger partial charge in [-0.25, -0.2) is 0 Å². The number of allylic oxidation sites excluding steroid dienone is 2. The minimum absolute atomic E-state index is 0.370.